The van der Waals surface area contributed by atoms with Gasteiger partial charge in [0.25, 0.3) is 0 Å². The third-order valence-electron chi connectivity index (χ3n) is 2.08. The number of carbonyl (C=O) groups is 1. The van der Waals surface area contributed by atoms with Gasteiger partial charge in [0.15, 0.2) is 0 Å². The van der Waals surface area contributed by atoms with Crippen LogP contribution < -0.4 is 10.6 Å². The summed E-state index contributed by atoms with van der Waals surface area (Å²) in [6.07, 6.45) is 0. The summed E-state index contributed by atoms with van der Waals surface area (Å²) in [5, 5.41) is 5.88. The molecule has 0 aliphatic carbocycles. The number of nitrogens with one attached hydrogen (secondary N) is 2. The molecule has 2 N–H and O–H groups in total. The van der Waals surface area contributed by atoms with E-state index in [0.717, 1.165) is 0 Å². The highest BCUT2D eigenvalue weighted by Crippen LogP contribution is 2.21. The minimum Gasteiger partial charge on any atom is -0.375 e. The summed E-state index contributed by atoms with van der Waals surface area (Å²) < 4.78 is 12.8. The number of benzene rings is 1. The predicted octanol–water partition coefficient (Wildman–Crippen LogP) is 2.66. The SMILES string of the molecule is CC(C)CNC(=O)CNc1ccc(F)cc1Cl. The molecule has 3 nitrogen and oxygen atoms in total. The fraction of sp³-hybridized carbons (Fsp3) is 0.417. The van der Waals surface area contributed by atoms with E-state index in [-0.39, 0.29) is 17.5 Å². The van der Waals surface area contributed by atoms with Crippen LogP contribution in [0.3, 0.4) is 0 Å². The Morgan fingerprint density at radius 3 is 2.76 bits per heavy atom. The lowest BCUT2D eigenvalue weighted by atomic mass is 10.2. The molecular formula is C12H16ClFN2O. The molecule has 0 saturated carbocycles. The Balaban J connectivity index is 2.42. The summed E-state index contributed by atoms with van der Waals surface area (Å²) in [6.45, 7) is 4.80. The minimum atomic E-state index is -0.398. The van der Waals surface area contributed by atoms with E-state index in [1.165, 1.54) is 18.2 Å². The monoisotopic (exact) mass is 258 g/mol. The standard InChI is InChI=1S/C12H16ClFN2O/c1-8(2)6-16-12(17)7-15-11-4-3-9(14)5-10(11)13/h3-5,8,15H,6-7H2,1-2H3,(H,16,17). The van der Waals surface area contributed by atoms with E-state index >= 15 is 0 Å². The second-order valence-corrected chi connectivity index (χ2v) is 4.58. The van der Waals surface area contributed by atoms with E-state index in [4.69, 9.17) is 11.6 Å². The molecule has 0 spiro atoms. The molecule has 17 heavy (non-hydrogen) atoms. The van der Waals surface area contributed by atoms with Crippen LogP contribution >= 0.6 is 11.6 Å². The van der Waals surface area contributed by atoms with Crippen LogP contribution in [0, 0.1) is 11.7 Å². The van der Waals surface area contributed by atoms with Crippen molar-refractivity contribution in [2.24, 2.45) is 5.92 Å². The van der Waals surface area contributed by atoms with E-state index in [1.54, 1.807) is 0 Å². The summed E-state index contributed by atoms with van der Waals surface area (Å²) in [5.74, 6) is -0.0998. The molecule has 0 atom stereocenters. The Bertz CT molecular complexity index is 396. The van der Waals surface area contributed by atoms with Gasteiger partial charge in [-0.15, -0.1) is 0 Å². The third-order valence-corrected chi connectivity index (χ3v) is 2.39. The number of rotatable bonds is 5. The van der Waals surface area contributed by atoms with E-state index in [2.05, 4.69) is 10.6 Å². The van der Waals surface area contributed by atoms with Crippen LogP contribution in [0.5, 0.6) is 0 Å². The maximum Gasteiger partial charge on any atom is 0.239 e. The van der Waals surface area contributed by atoms with Gasteiger partial charge in [0.05, 0.1) is 17.3 Å². The van der Waals surface area contributed by atoms with Gasteiger partial charge in [0.1, 0.15) is 5.82 Å². The van der Waals surface area contributed by atoms with Crippen LogP contribution in [-0.2, 0) is 4.79 Å². The molecule has 1 aromatic rings. The van der Waals surface area contributed by atoms with E-state index < -0.39 is 5.82 Å². The second-order valence-electron chi connectivity index (χ2n) is 4.18. The summed E-state index contributed by atoms with van der Waals surface area (Å²) >= 11 is 5.81. The summed E-state index contributed by atoms with van der Waals surface area (Å²) in [5.41, 5.74) is 0.549. The van der Waals surface area contributed by atoms with E-state index in [9.17, 15) is 9.18 Å². The quantitative estimate of drug-likeness (QED) is 0.853. The molecule has 0 saturated heterocycles. The highest BCUT2D eigenvalue weighted by Gasteiger charge is 2.05. The van der Waals surface area contributed by atoms with Gasteiger partial charge < -0.3 is 10.6 Å². The molecular weight excluding hydrogens is 243 g/mol. The number of anilines is 1. The van der Waals surface area contributed by atoms with Gasteiger partial charge in [-0.3, -0.25) is 4.79 Å². The molecule has 0 heterocycles. The topological polar surface area (TPSA) is 41.1 Å². The maximum absolute atomic E-state index is 12.8. The summed E-state index contributed by atoms with van der Waals surface area (Å²) in [4.78, 5) is 11.4. The number of halogens is 2. The van der Waals surface area contributed by atoms with Crippen LogP contribution in [0.4, 0.5) is 10.1 Å². The van der Waals surface area contributed by atoms with Gasteiger partial charge in [-0.05, 0) is 24.1 Å². The Kier molecular flexibility index (Phi) is 5.22. The first-order valence-corrected chi connectivity index (χ1v) is 5.82. The zero-order chi connectivity index (χ0) is 12.8. The number of hydrogen-bond acceptors (Lipinski definition) is 2. The van der Waals surface area contributed by atoms with Gasteiger partial charge in [0.2, 0.25) is 5.91 Å². The van der Waals surface area contributed by atoms with Crippen molar-refractivity contribution >= 4 is 23.2 Å². The van der Waals surface area contributed by atoms with Crippen LogP contribution in [0.15, 0.2) is 18.2 Å². The van der Waals surface area contributed by atoms with Crippen molar-refractivity contribution in [2.75, 3.05) is 18.4 Å². The van der Waals surface area contributed by atoms with Crippen molar-refractivity contribution in [1.82, 2.24) is 5.32 Å². The average Bonchev–Trinajstić information content (AvgIpc) is 2.25. The number of hydrogen-bond donors (Lipinski definition) is 2. The normalized spacial score (nSPS) is 10.4. The van der Waals surface area contributed by atoms with Gasteiger partial charge in [-0.2, -0.15) is 0 Å². The maximum atomic E-state index is 12.8. The molecule has 0 fully saturated rings. The lowest BCUT2D eigenvalue weighted by Gasteiger charge is -2.10. The van der Waals surface area contributed by atoms with Crippen LogP contribution in [0.2, 0.25) is 5.02 Å². The van der Waals surface area contributed by atoms with Gasteiger partial charge in [0, 0.05) is 6.54 Å². The molecule has 1 amide bonds. The minimum absolute atomic E-state index is 0.112. The largest absolute Gasteiger partial charge is 0.375 e. The van der Waals surface area contributed by atoms with Crippen molar-refractivity contribution in [1.29, 1.82) is 0 Å². The third kappa shape index (κ3) is 5.04. The number of carbonyl (C=O) groups excluding carboxylic acids is 1. The Hall–Kier alpha value is -1.29. The first-order chi connectivity index (χ1) is 7.99. The average molecular weight is 259 g/mol. The van der Waals surface area contributed by atoms with Crippen LogP contribution in [0.25, 0.3) is 0 Å². The fourth-order valence-electron chi connectivity index (χ4n) is 1.19. The van der Waals surface area contributed by atoms with Gasteiger partial charge >= 0.3 is 0 Å². The van der Waals surface area contributed by atoms with Crippen molar-refractivity contribution in [3.05, 3.63) is 29.0 Å². The predicted molar refractivity (Wildman–Crippen MR) is 67.7 cm³/mol. The summed E-state index contributed by atoms with van der Waals surface area (Å²) in [7, 11) is 0. The molecule has 0 bridgehead atoms. The molecule has 0 radical (unpaired) electrons. The molecule has 1 aromatic carbocycles. The molecule has 0 unspecified atom stereocenters. The van der Waals surface area contributed by atoms with Gasteiger partial charge in [-0.25, -0.2) is 4.39 Å². The first kappa shape index (κ1) is 13.8. The van der Waals surface area contributed by atoms with Crippen LogP contribution in [0.1, 0.15) is 13.8 Å². The lowest BCUT2D eigenvalue weighted by molar-refractivity contribution is -0.119. The lowest BCUT2D eigenvalue weighted by Crippen LogP contribution is -2.32. The second kappa shape index (κ2) is 6.45. The molecule has 0 aromatic heterocycles. The number of amides is 1. The smallest absolute Gasteiger partial charge is 0.239 e. The van der Waals surface area contributed by atoms with Gasteiger partial charge in [-0.1, -0.05) is 25.4 Å². The Morgan fingerprint density at radius 1 is 1.47 bits per heavy atom. The highest BCUT2D eigenvalue weighted by molar-refractivity contribution is 6.33. The van der Waals surface area contributed by atoms with Crippen molar-refractivity contribution < 1.29 is 9.18 Å². The highest BCUT2D eigenvalue weighted by atomic mass is 35.5. The van der Waals surface area contributed by atoms with Crippen LogP contribution in [-0.4, -0.2) is 19.0 Å². The molecule has 1 rings (SSSR count). The molecule has 94 valence electrons. The Labute approximate surface area is 105 Å². The van der Waals surface area contributed by atoms with E-state index in [1.807, 2.05) is 13.8 Å². The van der Waals surface area contributed by atoms with Crippen molar-refractivity contribution in [3.63, 3.8) is 0 Å². The molecule has 0 aliphatic rings. The zero-order valence-electron chi connectivity index (χ0n) is 9.89. The molecule has 5 heteroatoms. The summed E-state index contributed by atoms with van der Waals surface area (Å²) in [6, 6.07) is 4.00. The first-order valence-electron chi connectivity index (χ1n) is 5.44. The Morgan fingerprint density at radius 2 is 2.18 bits per heavy atom. The van der Waals surface area contributed by atoms with Crippen molar-refractivity contribution in [2.45, 2.75) is 13.8 Å². The van der Waals surface area contributed by atoms with Crippen molar-refractivity contribution in [3.8, 4) is 0 Å². The van der Waals surface area contributed by atoms with E-state index in [0.29, 0.717) is 18.2 Å². The zero-order valence-corrected chi connectivity index (χ0v) is 10.6. The molecule has 0 aliphatic heterocycles. The fourth-order valence-corrected chi connectivity index (χ4v) is 1.42.